The van der Waals surface area contributed by atoms with Crippen LogP contribution in [0.15, 0.2) is 53.4 Å². The van der Waals surface area contributed by atoms with E-state index in [1.807, 2.05) is 43.3 Å². The third-order valence-electron chi connectivity index (χ3n) is 2.86. The summed E-state index contributed by atoms with van der Waals surface area (Å²) in [5, 5.41) is 14.3. The van der Waals surface area contributed by atoms with E-state index in [9.17, 15) is 0 Å². The highest BCUT2D eigenvalue weighted by atomic mass is 32.2. The van der Waals surface area contributed by atoms with Gasteiger partial charge < -0.3 is 4.72 Å². The molecule has 1 heterocycles. The quantitative estimate of drug-likeness (QED) is 0.719. The smallest absolute Gasteiger partial charge is 0.207 e. The highest BCUT2D eigenvalue weighted by Crippen LogP contribution is 2.31. The molecule has 0 unspecified atom stereocenters. The molecule has 100 valence electrons. The first-order valence-corrected chi connectivity index (χ1v) is 6.97. The van der Waals surface area contributed by atoms with Crippen molar-refractivity contribution in [1.82, 2.24) is 20.6 Å². The molecule has 0 radical (unpaired) electrons. The molecular formula is C14H13N5S. The average Bonchev–Trinajstić information content (AvgIpc) is 3.00. The van der Waals surface area contributed by atoms with Crippen molar-refractivity contribution in [2.45, 2.75) is 11.8 Å². The Morgan fingerprint density at radius 1 is 1.05 bits per heavy atom. The monoisotopic (exact) mass is 283 g/mol. The molecule has 2 aromatic carbocycles. The van der Waals surface area contributed by atoms with Crippen molar-refractivity contribution in [3.63, 3.8) is 0 Å². The van der Waals surface area contributed by atoms with E-state index in [4.69, 9.17) is 0 Å². The molecule has 0 spiro atoms. The van der Waals surface area contributed by atoms with Crippen molar-refractivity contribution in [3.8, 4) is 11.4 Å². The standard InChI is InChI=1S/C14H13N5S/c1-10-6-5-9-12(13(10)14-15-18-19-16-14)17-20-11-7-3-2-4-8-11/h2-9,17H,1H3,(H,15,16,18,19). The summed E-state index contributed by atoms with van der Waals surface area (Å²) in [4.78, 5) is 1.15. The van der Waals surface area contributed by atoms with Crippen LogP contribution < -0.4 is 4.72 Å². The average molecular weight is 283 g/mol. The summed E-state index contributed by atoms with van der Waals surface area (Å²) in [5.41, 5.74) is 3.04. The van der Waals surface area contributed by atoms with Gasteiger partial charge in [-0.15, -0.1) is 10.2 Å². The minimum atomic E-state index is 0.597. The molecule has 1 aromatic heterocycles. The van der Waals surface area contributed by atoms with E-state index in [1.54, 1.807) is 11.9 Å². The van der Waals surface area contributed by atoms with Crippen LogP contribution in [0.1, 0.15) is 5.56 Å². The number of anilines is 1. The normalized spacial score (nSPS) is 10.4. The molecule has 3 rings (SSSR count). The van der Waals surface area contributed by atoms with Gasteiger partial charge in [0.1, 0.15) is 0 Å². The van der Waals surface area contributed by atoms with Crippen LogP contribution in [0.25, 0.3) is 11.4 Å². The van der Waals surface area contributed by atoms with E-state index in [0.29, 0.717) is 5.82 Å². The number of aryl methyl sites for hydroxylation is 1. The Morgan fingerprint density at radius 2 is 1.90 bits per heavy atom. The Labute approximate surface area is 120 Å². The molecule has 0 aliphatic carbocycles. The van der Waals surface area contributed by atoms with E-state index in [2.05, 4.69) is 37.5 Å². The van der Waals surface area contributed by atoms with E-state index in [1.165, 1.54) is 0 Å². The molecule has 0 fully saturated rings. The van der Waals surface area contributed by atoms with Crippen LogP contribution >= 0.6 is 11.9 Å². The number of nitrogens with zero attached hydrogens (tertiary/aromatic N) is 3. The molecule has 0 aliphatic rings. The number of aromatic nitrogens is 4. The number of rotatable bonds is 4. The van der Waals surface area contributed by atoms with Crippen LogP contribution in [-0.4, -0.2) is 20.6 Å². The van der Waals surface area contributed by atoms with E-state index < -0.39 is 0 Å². The van der Waals surface area contributed by atoms with Crippen molar-refractivity contribution in [3.05, 3.63) is 54.1 Å². The lowest BCUT2D eigenvalue weighted by Crippen LogP contribution is -1.94. The Balaban J connectivity index is 1.88. The first kappa shape index (κ1) is 12.7. The second kappa shape index (κ2) is 5.75. The third kappa shape index (κ3) is 2.65. The summed E-state index contributed by atoms with van der Waals surface area (Å²) >= 11 is 1.56. The maximum Gasteiger partial charge on any atom is 0.207 e. The number of H-pyrrole nitrogens is 1. The minimum Gasteiger partial charge on any atom is -0.325 e. The molecule has 3 aromatic rings. The van der Waals surface area contributed by atoms with E-state index >= 15 is 0 Å². The van der Waals surface area contributed by atoms with Gasteiger partial charge in [0, 0.05) is 10.5 Å². The maximum atomic E-state index is 4.07. The lowest BCUT2D eigenvalue weighted by atomic mass is 10.1. The molecule has 0 aliphatic heterocycles. The first-order chi connectivity index (χ1) is 9.84. The Hall–Kier alpha value is -2.34. The van der Waals surface area contributed by atoms with Crippen LogP contribution in [0.4, 0.5) is 5.69 Å². The zero-order chi connectivity index (χ0) is 13.8. The molecule has 0 amide bonds. The summed E-state index contributed by atoms with van der Waals surface area (Å²) in [7, 11) is 0. The molecule has 5 nitrogen and oxygen atoms in total. The molecule has 0 saturated carbocycles. The summed E-state index contributed by atoms with van der Waals surface area (Å²) in [6.45, 7) is 2.03. The van der Waals surface area contributed by atoms with Crippen LogP contribution in [0.3, 0.4) is 0 Å². The number of hydrogen-bond acceptors (Lipinski definition) is 5. The van der Waals surface area contributed by atoms with Gasteiger partial charge in [-0.05, 0) is 47.8 Å². The van der Waals surface area contributed by atoms with Gasteiger partial charge in [-0.25, -0.2) is 0 Å². The molecule has 2 N–H and O–H groups in total. The molecule has 0 bridgehead atoms. The van der Waals surface area contributed by atoms with Crippen LogP contribution in [0, 0.1) is 6.92 Å². The van der Waals surface area contributed by atoms with E-state index in [-0.39, 0.29) is 0 Å². The molecule has 0 atom stereocenters. The van der Waals surface area contributed by atoms with Crippen molar-refractivity contribution >= 4 is 17.6 Å². The maximum absolute atomic E-state index is 4.07. The summed E-state index contributed by atoms with van der Waals surface area (Å²) in [6.07, 6.45) is 0. The second-order valence-corrected chi connectivity index (χ2v) is 5.13. The summed E-state index contributed by atoms with van der Waals surface area (Å²) < 4.78 is 3.35. The van der Waals surface area contributed by atoms with Gasteiger partial charge in [0.05, 0.1) is 5.69 Å². The van der Waals surface area contributed by atoms with E-state index in [0.717, 1.165) is 21.7 Å². The first-order valence-electron chi connectivity index (χ1n) is 6.16. The Morgan fingerprint density at radius 3 is 2.65 bits per heavy atom. The Bertz CT molecular complexity index is 682. The van der Waals surface area contributed by atoms with Gasteiger partial charge in [-0.3, -0.25) is 0 Å². The van der Waals surface area contributed by atoms with Gasteiger partial charge >= 0.3 is 0 Å². The number of benzene rings is 2. The molecule has 6 heteroatoms. The fourth-order valence-corrected chi connectivity index (χ4v) is 2.61. The summed E-state index contributed by atoms with van der Waals surface area (Å²) in [6, 6.07) is 16.2. The largest absolute Gasteiger partial charge is 0.325 e. The molecular weight excluding hydrogens is 270 g/mol. The minimum absolute atomic E-state index is 0.597. The molecule has 20 heavy (non-hydrogen) atoms. The zero-order valence-electron chi connectivity index (χ0n) is 10.9. The van der Waals surface area contributed by atoms with Gasteiger partial charge in [0.25, 0.3) is 0 Å². The number of tetrazole rings is 1. The fourth-order valence-electron chi connectivity index (χ4n) is 1.92. The zero-order valence-corrected chi connectivity index (χ0v) is 11.7. The lowest BCUT2D eigenvalue weighted by molar-refractivity contribution is 0.881. The highest BCUT2D eigenvalue weighted by Gasteiger charge is 2.12. The second-order valence-electron chi connectivity index (χ2n) is 4.25. The van der Waals surface area contributed by atoms with Crippen molar-refractivity contribution in [1.29, 1.82) is 0 Å². The van der Waals surface area contributed by atoms with Crippen LogP contribution in [-0.2, 0) is 0 Å². The summed E-state index contributed by atoms with van der Waals surface area (Å²) in [5.74, 6) is 0.597. The molecule has 0 saturated heterocycles. The highest BCUT2D eigenvalue weighted by molar-refractivity contribution is 8.00. The Kier molecular flexibility index (Phi) is 3.64. The number of aromatic amines is 1. The van der Waals surface area contributed by atoms with Crippen LogP contribution in [0.5, 0.6) is 0 Å². The van der Waals surface area contributed by atoms with Crippen LogP contribution in [0.2, 0.25) is 0 Å². The van der Waals surface area contributed by atoms with Gasteiger partial charge in [0.15, 0.2) is 0 Å². The predicted molar refractivity (Wildman–Crippen MR) is 80.3 cm³/mol. The van der Waals surface area contributed by atoms with Gasteiger partial charge in [0.2, 0.25) is 5.82 Å². The fraction of sp³-hybridized carbons (Fsp3) is 0.0714. The SMILES string of the molecule is Cc1cccc(NSc2ccccc2)c1-c1nn[nH]n1. The van der Waals surface area contributed by atoms with Crippen molar-refractivity contribution in [2.75, 3.05) is 4.72 Å². The van der Waals surface area contributed by atoms with Crippen molar-refractivity contribution < 1.29 is 0 Å². The number of nitrogens with one attached hydrogen (secondary N) is 2. The topological polar surface area (TPSA) is 66.5 Å². The predicted octanol–water partition coefficient (Wildman–Crippen LogP) is 3.29. The van der Waals surface area contributed by atoms with Crippen molar-refractivity contribution in [2.24, 2.45) is 0 Å². The number of hydrogen-bond donors (Lipinski definition) is 2. The van der Waals surface area contributed by atoms with Gasteiger partial charge in [-0.1, -0.05) is 30.3 Å². The van der Waals surface area contributed by atoms with Gasteiger partial charge in [-0.2, -0.15) is 5.21 Å². The lowest BCUT2D eigenvalue weighted by Gasteiger charge is -2.11. The third-order valence-corrected chi connectivity index (χ3v) is 3.69.